The lowest BCUT2D eigenvalue weighted by atomic mass is 9.89. The van der Waals surface area contributed by atoms with Gasteiger partial charge in [-0.15, -0.1) is 9.69 Å². The molecule has 3 aliphatic rings. The normalized spacial score (nSPS) is 19.7. The van der Waals surface area contributed by atoms with E-state index in [1.807, 2.05) is 12.1 Å². The number of carbonyl (C=O) groups excluding carboxylic acids is 3. The molecule has 0 saturated carbocycles. The fourth-order valence-corrected chi connectivity index (χ4v) is 5.68. The first kappa shape index (κ1) is 24.7. The van der Waals surface area contributed by atoms with Gasteiger partial charge in [0.2, 0.25) is 11.8 Å². The molecule has 7 rings (SSSR count). The topological polar surface area (TPSA) is 148 Å². The number of amides is 3. The molecule has 3 N–H and O–H groups in total. The quantitative estimate of drug-likeness (QED) is 0.237. The predicted molar refractivity (Wildman–Crippen MR) is 137 cm³/mol. The second-order valence-electron chi connectivity index (χ2n) is 9.93. The lowest BCUT2D eigenvalue weighted by molar-refractivity contribution is -0.137. The number of halogens is 1. The van der Waals surface area contributed by atoms with Crippen LogP contribution in [0.4, 0.5) is 4.39 Å². The molecule has 0 unspecified atom stereocenters. The maximum absolute atomic E-state index is 15.5. The molecule has 0 atom stereocenters. The maximum atomic E-state index is 15.5. The summed E-state index contributed by atoms with van der Waals surface area (Å²) >= 11 is 0. The molecule has 4 aromatic rings. The number of aliphatic carboxylic acids is 1. The first-order valence-electron chi connectivity index (χ1n) is 12.6. The molecule has 2 aromatic carbocycles. The Bertz CT molecular complexity index is 1670. The van der Waals surface area contributed by atoms with Crippen LogP contribution in [0.15, 0.2) is 36.5 Å². The molecule has 13 heteroatoms. The van der Waals surface area contributed by atoms with Gasteiger partial charge in [0.05, 0.1) is 24.0 Å². The third-order valence-corrected chi connectivity index (χ3v) is 7.60. The molecule has 1 fully saturated rings. The van der Waals surface area contributed by atoms with Crippen LogP contribution in [0.5, 0.6) is 0 Å². The number of carboxylic acids is 1. The van der Waals surface area contributed by atoms with E-state index in [1.165, 1.54) is 6.07 Å². The van der Waals surface area contributed by atoms with E-state index in [1.54, 1.807) is 27.8 Å². The van der Waals surface area contributed by atoms with Crippen molar-refractivity contribution in [2.75, 3.05) is 26.2 Å². The molecule has 3 amide bonds. The van der Waals surface area contributed by atoms with Gasteiger partial charge in [-0.3, -0.25) is 19.1 Å². The smallest absolute Gasteiger partial charge is 0.327 e. The molecule has 0 aliphatic carbocycles. The number of benzene rings is 2. The lowest BCUT2D eigenvalue weighted by Crippen LogP contribution is -2.61. The van der Waals surface area contributed by atoms with Crippen molar-refractivity contribution in [3.63, 3.8) is 0 Å². The van der Waals surface area contributed by atoms with Crippen LogP contribution in [0.3, 0.4) is 0 Å². The Labute approximate surface area is 220 Å². The van der Waals surface area contributed by atoms with Gasteiger partial charge in [0.1, 0.15) is 37.5 Å². The molecule has 2 aromatic heterocycles. The Balaban J connectivity index is 1.43. The third-order valence-electron chi connectivity index (χ3n) is 7.60. The largest absolute Gasteiger partial charge is 0.480 e. The van der Waals surface area contributed by atoms with Gasteiger partial charge in [-0.2, -0.15) is 5.10 Å². The lowest BCUT2D eigenvalue weighted by Gasteiger charge is -2.36. The van der Waals surface area contributed by atoms with Gasteiger partial charge in [0.25, 0.3) is 0 Å². The number of nitrogens with zero attached hydrogens (tertiary/aromatic N) is 5. The van der Waals surface area contributed by atoms with Crippen LogP contribution < -0.4 is 15.2 Å². The average Bonchev–Trinajstić information content (AvgIpc) is 3.51. The van der Waals surface area contributed by atoms with Gasteiger partial charge in [-0.25, -0.2) is 9.18 Å². The van der Waals surface area contributed by atoms with Crippen molar-refractivity contribution < 1.29 is 28.7 Å². The number of fused-ring (bicyclic) bond motifs is 2. The van der Waals surface area contributed by atoms with E-state index in [2.05, 4.69) is 15.7 Å². The fourth-order valence-electron chi connectivity index (χ4n) is 5.68. The highest BCUT2D eigenvalue weighted by atomic mass is 19.1. The number of carbonyl (C=O) groups is 4. The summed E-state index contributed by atoms with van der Waals surface area (Å²) in [5, 5.41) is 24.0. The van der Waals surface area contributed by atoms with Crippen LogP contribution >= 0.6 is 0 Å². The summed E-state index contributed by atoms with van der Waals surface area (Å²) in [4.78, 5) is 49.2. The van der Waals surface area contributed by atoms with Crippen molar-refractivity contribution in [2.24, 2.45) is 0 Å². The van der Waals surface area contributed by atoms with Crippen molar-refractivity contribution in [1.82, 2.24) is 34.9 Å². The minimum absolute atomic E-state index is 0.0163. The number of aromatic nitrogens is 4. The van der Waals surface area contributed by atoms with Crippen LogP contribution in [0.2, 0.25) is 0 Å². The number of piperidine rings is 1. The first-order chi connectivity index (χ1) is 18.8. The molecule has 39 heavy (non-hydrogen) atoms. The zero-order valence-corrected chi connectivity index (χ0v) is 20.8. The van der Waals surface area contributed by atoms with Crippen LogP contribution in [0.25, 0.3) is 32.9 Å². The van der Waals surface area contributed by atoms with E-state index in [-0.39, 0.29) is 23.6 Å². The van der Waals surface area contributed by atoms with Gasteiger partial charge in [-0.05, 0) is 23.8 Å². The zero-order chi connectivity index (χ0) is 27.3. The number of hydrogen-bond donors (Lipinski definition) is 3. The number of rotatable bonds is 7. The summed E-state index contributed by atoms with van der Waals surface area (Å²) in [6.45, 7) is -0.141. The van der Waals surface area contributed by atoms with Crippen LogP contribution in [0.1, 0.15) is 24.5 Å². The summed E-state index contributed by atoms with van der Waals surface area (Å²) in [6.07, 6.45) is 3.74. The third kappa shape index (κ3) is 4.11. The highest BCUT2D eigenvalue weighted by Gasteiger charge is 2.41. The minimum Gasteiger partial charge on any atom is -0.480 e. The van der Waals surface area contributed by atoms with Crippen molar-refractivity contribution in [3.05, 3.63) is 48.0 Å². The zero-order valence-electron chi connectivity index (χ0n) is 20.8. The van der Waals surface area contributed by atoms with Crippen LogP contribution in [-0.4, -0.2) is 75.1 Å². The summed E-state index contributed by atoms with van der Waals surface area (Å²) in [5.41, 5.74) is 3.01. The van der Waals surface area contributed by atoms with E-state index >= 15 is 4.39 Å². The van der Waals surface area contributed by atoms with Crippen molar-refractivity contribution >= 4 is 46.0 Å². The van der Waals surface area contributed by atoms with E-state index in [4.69, 9.17) is 10.2 Å². The Hall–Kier alpha value is -4.65. The molecule has 200 valence electrons. The second-order valence-corrected chi connectivity index (χ2v) is 9.93. The van der Waals surface area contributed by atoms with E-state index in [0.717, 1.165) is 17.5 Å². The molecule has 5 heterocycles. The molecule has 4 bridgehead atoms. The van der Waals surface area contributed by atoms with Gasteiger partial charge in [-0.1, -0.05) is 16.9 Å². The van der Waals surface area contributed by atoms with Crippen molar-refractivity contribution in [2.45, 2.75) is 25.3 Å². The van der Waals surface area contributed by atoms with Crippen molar-refractivity contribution in [3.8, 4) is 11.1 Å². The van der Waals surface area contributed by atoms with Gasteiger partial charge in [0.15, 0.2) is 0 Å². The Morgan fingerprint density at radius 1 is 1.08 bits per heavy atom. The van der Waals surface area contributed by atoms with Gasteiger partial charge < -0.3 is 15.7 Å². The van der Waals surface area contributed by atoms with Gasteiger partial charge in [0, 0.05) is 35.1 Å². The fraction of sp³-hybridized carbons (Fsp3) is 0.308. The van der Waals surface area contributed by atoms with Crippen LogP contribution in [0, 0.1) is 5.82 Å². The monoisotopic (exact) mass is 534 g/mol. The molecule has 0 spiro atoms. The standard InChI is InChI=1S/C26H24FN7O5/c27-19-8-16-10-30-33-21(16)9-18(19)17-2-1-3-20-25(17)26(15-4-6-34(33,14-35)7-5-15)31-32(20)13-23(37)28-11-22(36)29-12-24(38)39/h1-3,8-10,14-15H,4-7,11-13H2,(H2-,28,29,36,37,38,39)/p+1. The Morgan fingerprint density at radius 2 is 1.85 bits per heavy atom. The SMILES string of the molecule is O=C[N+]12CCC(CC1)c1nn(CC(=O)NCC(=O)NCC(=O)O)c3cccc(c13)-c1cc3c(cnn32)cc1F. The Morgan fingerprint density at radius 3 is 2.59 bits per heavy atom. The first-order valence-corrected chi connectivity index (χ1v) is 12.6. The molecular weight excluding hydrogens is 509 g/mol. The number of nitrogens with one attached hydrogen (secondary N) is 2. The average molecular weight is 535 g/mol. The molecule has 0 radical (unpaired) electrons. The van der Waals surface area contributed by atoms with Crippen molar-refractivity contribution in [1.29, 1.82) is 0 Å². The van der Waals surface area contributed by atoms with E-state index in [0.29, 0.717) is 53.5 Å². The maximum Gasteiger partial charge on any atom is 0.327 e. The number of hydrogen-bond acceptors (Lipinski definition) is 6. The highest BCUT2D eigenvalue weighted by molar-refractivity contribution is 6.00. The summed E-state index contributed by atoms with van der Waals surface area (Å²) in [7, 11) is 0. The Kier molecular flexibility index (Phi) is 5.87. The second kappa shape index (κ2) is 9.27. The molecular formula is C26H25FN7O5+. The summed E-state index contributed by atoms with van der Waals surface area (Å²) in [6, 6.07) is 8.56. The van der Waals surface area contributed by atoms with Gasteiger partial charge >= 0.3 is 12.4 Å². The molecule has 3 aliphatic heterocycles. The number of quaternary nitrogens is 1. The molecule has 1 saturated heterocycles. The highest BCUT2D eigenvalue weighted by Crippen LogP contribution is 2.41. The summed E-state index contributed by atoms with van der Waals surface area (Å²) < 4.78 is 17.0. The minimum atomic E-state index is -1.19. The van der Waals surface area contributed by atoms with Crippen LogP contribution in [-0.2, 0) is 25.7 Å². The van der Waals surface area contributed by atoms with E-state index < -0.39 is 30.1 Å². The van der Waals surface area contributed by atoms with E-state index in [9.17, 15) is 19.2 Å². The summed E-state index contributed by atoms with van der Waals surface area (Å²) in [5.74, 6) is -2.76. The number of carboxylic acid groups (broad SMARTS) is 1. The molecule has 12 nitrogen and oxygen atoms in total. The predicted octanol–water partition coefficient (Wildman–Crippen LogP) is 0.995.